The molecule has 1 fully saturated rings. The normalized spacial score (nSPS) is 16.4. The highest BCUT2D eigenvalue weighted by molar-refractivity contribution is 7.89. The first-order chi connectivity index (χ1) is 13.0. The number of hydrogen-bond donors (Lipinski definition) is 0. The van der Waals surface area contributed by atoms with E-state index in [0.717, 1.165) is 16.4 Å². The van der Waals surface area contributed by atoms with Gasteiger partial charge in [0, 0.05) is 26.2 Å². The number of amides is 1. The summed E-state index contributed by atoms with van der Waals surface area (Å²) >= 11 is 5.86. The van der Waals surface area contributed by atoms with Crippen molar-refractivity contribution in [1.82, 2.24) is 9.21 Å². The number of alkyl halides is 3. The zero-order valence-corrected chi connectivity index (χ0v) is 16.2. The number of halogens is 4. The lowest BCUT2D eigenvalue weighted by Crippen LogP contribution is -2.50. The standard InChI is InChI=1S/C17H16ClF3N2O4S/c1-11-2-5-14(27-11)16(24)22-6-8-23(9-7-22)28(25,26)15-10-12(17(19,20)21)3-4-13(15)18/h2-5,10H,6-9H2,1H3. The minimum atomic E-state index is -4.69. The van der Waals surface area contributed by atoms with Crippen molar-refractivity contribution in [2.24, 2.45) is 0 Å². The molecule has 1 saturated heterocycles. The molecule has 0 spiro atoms. The molecule has 0 bridgehead atoms. The molecule has 0 aliphatic carbocycles. The Balaban J connectivity index is 1.77. The number of nitrogens with zero attached hydrogens (tertiary/aromatic N) is 2. The van der Waals surface area contributed by atoms with E-state index in [1.165, 1.54) is 11.0 Å². The molecule has 1 aliphatic rings. The van der Waals surface area contributed by atoms with Gasteiger partial charge in [-0.3, -0.25) is 4.79 Å². The van der Waals surface area contributed by atoms with Gasteiger partial charge in [0.2, 0.25) is 10.0 Å². The van der Waals surface area contributed by atoms with E-state index in [1.807, 2.05) is 0 Å². The second kappa shape index (κ2) is 7.41. The predicted octanol–water partition coefficient (Wildman–Crippen LogP) is 3.41. The fraction of sp³-hybridized carbons (Fsp3) is 0.353. The zero-order valence-electron chi connectivity index (χ0n) is 14.7. The molecule has 6 nitrogen and oxygen atoms in total. The van der Waals surface area contributed by atoms with Gasteiger partial charge in [0.15, 0.2) is 5.76 Å². The van der Waals surface area contributed by atoms with Gasteiger partial charge in [-0.1, -0.05) is 11.6 Å². The van der Waals surface area contributed by atoms with Crippen LogP contribution in [0.15, 0.2) is 39.6 Å². The summed E-state index contributed by atoms with van der Waals surface area (Å²) in [6, 6.07) is 5.34. The molecule has 0 unspecified atom stereocenters. The third-order valence-corrected chi connectivity index (χ3v) is 6.73. The Hall–Kier alpha value is -2.04. The fourth-order valence-corrected chi connectivity index (χ4v) is 4.78. The molecule has 11 heteroatoms. The number of piperazine rings is 1. The minimum Gasteiger partial charge on any atom is -0.456 e. The van der Waals surface area contributed by atoms with E-state index >= 15 is 0 Å². The third kappa shape index (κ3) is 4.03. The van der Waals surface area contributed by atoms with Crippen molar-refractivity contribution in [2.45, 2.75) is 18.0 Å². The lowest BCUT2D eigenvalue weighted by molar-refractivity contribution is -0.137. The van der Waals surface area contributed by atoms with Crippen molar-refractivity contribution in [2.75, 3.05) is 26.2 Å². The monoisotopic (exact) mass is 436 g/mol. The molecule has 3 rings (SSSR count). The van der Waals surface area contributed by atoms with Crippen LogP contribution in [0.4, 0.5) is 13.2 Å². The number of carbonyl (C=O) groups excluding carboxylic acids is 1. The summed E-state index contributed by atoms with van der Waals surface area (Å²) in [7, 11) is -4.25. The molecule has 1 aliphatic heterocycles. The van der Waals surface area contributed by atoms with Crippen LogP contribution in [-0.2, 0) is 16.2 Å². The molecule has 2 aromatic rings. The highest BCUT2D eigenvalue weighted by atomic mass is 35.5. The van der Waals surface area contributed by atoms with E-state index in [0.29, 0.717) is 11.8 Å². The van der Waals surface area contributed by atoms with Crippen LogP contribution in [0, 0.1) is 6.92 Å². The molecule has 152 valence electrons. The average molecular weight is 437 g/mol. The molecule has 0 radical (unpaired) electrons. The number of furan rings is 1. The largest absolute Gasteiger partial charge is 0.456 e. The first kappa shape index (κ1) is 20.7. The van der Waals surface area contributed by atoms with Crippen molar-refractivity contribution in [3.8, 4) is 0 Å². The number of rotatable bonds is 3. The number of hydrogen-bond acceptors (Lipinski definition) is 4. The summed E-state index contributed by atoms with van der Waals surface area (Å²) in [5.74, 6) is 0.348. The van der Waals surface area contributed by atoms with E-state index < -0.39 is 26.7 Å². The zero-order chi connectivity index (χ0) is 20.7. The summed E-state index contributed by atoms with van der Waals surface area (Å²) < 4.78 is 70.7. The SMILES string of the molecule is Cc1ccc(C(=O)N2CCN(S(=O)(=O)c3cc(C(F)(F)F)ccc3Cl)CC2)o1. The van der Waals surface area contributed by atoms with Gasteiger partial charge in [0.25, 0.3) is 5.91 Å². The van der Waals surface area contributed by atoms with Crippen molar-refractivity contribution in [1.29, 1.82) is 0 Å². The summed E-state index contributed by atoms with van der Waals surface area (Å²) in [5, 5.41) is -0.294. The Bertz CT molecular complexity index is 996. The summed E-state index contributed by atoms with van der Waals surface area (Å²) in [5.41, 5.74) is -1.10. The van der Waals surface area contributed by atoms with Gasteiger partial charge in [-0.2, -0.15) is 17.5 Å². The van der Waals surface area contributed by atoms with E-state index in [-0.39, 0.29) is 42.9 Å². The molecule has 1 aromatic carbocycles. The van der Waals surface area contributed by atoms with Crippen molar-refractivity contribution in [3.05, 3.63) is 52.4 Å². The van der Waals surface area contributed by atoms with Gasteiger partial charge >= 0.3 is 6.18 Å². The van der Waals surface area contributed by atoms with Crippen molar-refractivity contribution >= 4 is 27.5 Å². The molecule has 28 heavy (non-hydrogen) atoms. The second-order valence-corrected chi connectivity index (χ2v) is 8.56. The maximum absolute atomic E-state index is 12.9. The minimum absolute atomic E-state index is 0.0691. The van der Waals surface area contributed by atoms with Crippen LogP contribution in [0.25, 0.3) is 0 Å². The summed E-state index contributed by atoms with van der Waals surface area (Å²) in [4.78, 5) is 13.2. The highest BCUT2D eigenvalue weighted by Gasteiger charge is 2.36. The van der Waals surface area contributed by atoms with Crippen LogP contribution < -0.4 is 0 Å². The van der Waals surface area contributed by atoms with Gasteiger partial charge in [0.1, 0.15) is 10.7 Å². The Morgan fingerprint density at radius 1 is 1.11 bits per heavy atom. The molecular formula is C17H16ClF3N2O4S. The molecule has 0 atom stereocenters. The van der Waals surface area contributed by atoms with Crippen LogP contribution in [0.3, 0.4) is 0 Å². The Kier molecular flexibility index (Phi) is 5.48. The van der Waals surface area contributed by atoms with Crippen LogP contribution in [-0.4, -0.2) is 49.7 Å². The fourth-order valence-electron chi connectivity index (χ4n) is 2.85. The van der Waals surface area contributed by atoms with E-state index in [1.54, 1.807) is 13.0 Å². The Morgan fingerprint density at radius 2 is 1.75 bits per heavy atom. The Labute approximate surface area is 164 Å². The van der Waals surface area contributed by atoms with Crippen LogP contribution in [0.1, 0.15) is 21.9 Å². The number of aryl methyl sites for hydroxylation is 1. The summed E-state index contributed by atoms with van der Waals surface area (Å²) in [6.45, 7) is 1.71. The van der Waals surface area contributed by atoms with E-state index in [2.05, 4.69) is 0 Å². The molecule has 0 N–H and O–H groups in total. The topological polar surface area (TPSA) is 70.8 Å². The number of sulfonamides is 1. The second-order valence-electron chi connectivity index (χ2n) is 6.25. The number of carbonyl (C=O) groups is 1. The molecule has 0 saturated carbocycles. The van der Waals surface area contributed by atoms with Crippen LogP contribution in [0.5, 0.6) is 0 Å². The molecule has 2 heterocycles. The quantitative estimate of drug-likeness (QED) is 0.739. The maximum Gasteiger partial charge on any atom is 0.416 e. The smallest absolute Gasteiger partial charge is 0.416 e. The lowest BCUT2D eigenvalue weighted by Gasteiger charge is -2.33. The number of benzene rings is 1. The maximum atomic E-state index is 12.9. The van der Waals surface area contributed by atoms with Crippen LogP contribution >= 0.6 is 11.6 Å². The first-order valence-corrected chi connectivity index (χ1v) is 10.0. The van der Waals surface area contributed by atoms with Gasteiger partial charge in [-0.25, -0.2) is 8.42 Å². The van der Waals surface area contributed by atoms with Crippen molar-refractivity contribution < 1.29 is 30.8 Å². The first-order valence-electron chi connectivity index (χ1n) is 8.23. The lowest BCUT2D eigenvalue weighted by atomic mass is 10.2. The van der Waals surface area contributed by atoms with Crippen LogP contribution in [0.2, 0.25) is 5.02 Å². The van der Waals surface area contributed by atoms with Gasteiger partial charge in [-0.05, 0) is 37.3 Å². The molecule has 1 amide bonds. The molecule has 1 aromatic heterocycles. The van der Waals surface area contributed by atoms with E-state index in [4.69, 9.17) is 16.0 Å². The van der Waals surface area contributed by atoms with Gasteiger partial charge < -0.3 is 9.32 Å². The third-order valence-electron chi connectivity index (χ3n) is 4.35. The Morgan fingerprint density at radius 3 is 2.29 bits per heavy atom. The predicted molar refractivity (Wildman–Crippen MR) is 94.6 cm³/mol. The summed E-state index contributed by atoms with van der Waals surface area (Å²) in [6.07, 6.45) is -4.69. The van der Waals surface area contributed by atoms with E-state index in [9.17, 15) is 26.4 Å². The van der Waals surface area contributed by atoms with Gasteiger partial charge in [-0.15, -0.1) is 0 Å². The van der Waals surface area contributed by atoms with Gasteiger partial charge in [0.05, 0.1) is 10.6 Å². The highest BCUT2D eigenvalue weighted by Crippen LogP contribution is 2.34. The van der Waals surface area contributed by atoms with Crippen molar-refractivity contribution in [3.63, 3.8) is 0 Å². The average Bonchev–Trinajstić information content (AvgIpc) is 3.07. The molecular weight excluding hydrogens is 421 g/mol.